The summed E-state index contributed by atoms with van der Waals surface area (Å²) >= 11 is 6.71. The molecule has 0 amide bonds. The van der Waals surface area contributed by atoms with Gasteiger partial charge in [-0.15, -0.1) is 0 Å². The normalized spacial score (nSPS) is 13.3. The summed E-state index contributed by atoms with van der Waals surface area (Å²) in [4.78, 5) is 4.93. The average Bonchev–Trinajstić information content (AvgIpc) is 3.38. The van der Waals surface area contributed by atoms with Crippen molar-refractivity contribution in [2.75, 3.05) is 19.9 Å². The number of hydrogen-bond acceptors (Lipinski definition) is 4. The lowest BCUT2D eigenvalue weighted by Gasteiger charge is -2.34. The van der Waals surface area contributed by atoms with Crippen LogP contribution in [0.2, 0.25) is 5.02 Å². The Morgan fingerprint density at radius 1 is 0.892 bits per heavy atom. The smallest absolute Gasteiger partial charge is 0.231 e. The maximum Gasteiger partial charge on any atom is 0.231 e. The molecule has 0 atom stereocenters. The highest BCUT2D eigenvalue weighted by Crippen LogP contribution is 2.37. The van der Waals surface area contributed by atoms with E-state index in [0.717, 1.165) is 43.8 Å². The van der Waals surface area contributed by atoms with Gasteiger partial charge in [0.1, 0.15) is 0 Å². The molecule has 0 unspecified atom stereocenters. The Morgan fingerprint density at radius 3 is 2.22 bits per heavy atom. The second-order valence-corrected chi connectivity index (χ2v) is 9.66. The van der Waals surface area contributed by atoms with E-state index in [-0.39, 0.29) is 6.79 Å². The summed E-state index contributed by atoms with van der Waals surface area (Å²) < 4.78 is 11.2. The molecule has 0 spiro atoms. The maximum absolute atomic E-state index is 6.71. The van der Waals surface area contributed by atoms with E-state index in [1.807, 2.05) is 12.1 Å². The van der Waals surface area contributed by atoms with Gasteiger partial charge in [0.15, 0.2) is 11.5 Å². The number of fused-ring (bicyclic) bond motifs is 1. The molecule has 1 heterocycles. The number of ether oxygens (including phenoxy) is 2. The SMILES string of the molecule is C/C=C(/CN(Cc1ccccc1)Cc1cc2c(cc1Cl)OCO2)N(CCCC)/C(=C\C)c1ccccc1. The first-order chi connectivity index (χ1) is 18.1. The summed E-state index contributed by atoms with van der Waals surface area (Å²) in [6.45, 7) is 10.0. The Kier molecular flexibility index (Phi) is 9.70. The third-order valence-corrected chi connectivity index (χ3v) is 6.97. The Bertz CT molecular complexity index is 1210. The number of allylic oxidation sites excluding steroid dienone is 2. The van der Waals surface area contributed by atoms with E-state index in [0.29, 0.717) is 17.3 Å². The van der Waals surface area contributed by atoms with Crippen LogP contribution < -0.4 is 9.47 Å². The molecule has 0 radical (unpaired) electrons. The van der Waals surface area contributed by atoms with Crippen LogP contribution in [-0.2, 0) is 13.1 Å². The van der Waals surface area contributed by atoms with Gasteiger partial charge >= 0.3 is 0 Å². The predicted molar refractivity (Wildman–Crippen MR) is 154 cm³/mol. The van der Waals surface area contributed by atoms with Crippen LogP contribution in [0.1, 0.15) is 50.3 Å². The van der Waals surface area contributed by atoms with Gasteiger partial charge in [-0.1, -0.05) is 97.8 Å². The van der Waals surface area contributed by atoms with Crippen LogP contribution >= 0.6 is 11.6 Å². The van der Waals surface area contributed by atoms with Crippen LogP contribution in [0, 0.1) is 0 Å². The highest BCUT2D eigenvalue weighted by Gasteiger charge is 2.21. The fourth-order valence-corrected chi connectivity index (χ4v) is 4.93. The van der Waals surface area contributed by atoms with E-state index in [9.17, 15) is 0 Å². The van der Waals surface area contributed by atoms with Crippen molar-refractivity contribution in [3.63, 3.8) is 0 Å². The van der Waals surface area contributed by atoms with E-state index in [2.05, 4.69) is 103 Å². The van der Waals surface area contributed by atoms with Crippen LogP contribution in [0.3, 0.4) is 0 Å². The van der Waals surface area contributed by atoms with Crippen LogP contribution in [0.5, 0.6) is 11.5 Å². The summed E-state index contributed by atoms with van der Waals surface area (Å²) in [5.74, 6) is 1.47. The molecular formula is C32H37ClN2O2. The van der Waals surface area contributed by atoms with E-state index < -0.39 is 0 Å². The lowest BCUT2D eigenvalue weighted by molar-refractivity contribution is 0.174. The largest absolute Gasteiger partial charge is 0.454 e. The van der Waals surface area contributed by atoms with Gasteiger partial charge in [0.05, 0.1) is 0 Å². The second kappa shape index (κ2) is 13.4. The fourth-order valence-electron chi connectivity index (χ4n) is 4.71. The zero-order valence-electron chi connectivity index (χ0n) is 22.1. The van der Waals surface area contributed by atoms with Crippen molar-refractivity contribution in [2.45, 2.75) is 46.7 Å². The summed E-state index contributed by atoms with van der Waals surface area (Å²) in [6, 6.07) is 25.2. The van der Waals surface area contributed by atoms with Crippen molar-refractivity contribution in [1.82, 2.24) is 9.80 Å². The van der Waals surface area contributed by atoms with Crippen LogP contribution in [0.25, 0.3) is 5.70 Å². The number of unbranched alkanes of at least 4 members (excludes halogenated alkanes) is 1. The molecule has 0 saturated heterocycles. The molecule has 0 aromatic heterocycles. The third-order valence-electron chi connectivity index (χ3n) is 6.62. The van der Waals surface area contributed by atoms with E-state index in [1.54, 1.807) is 0 Å². The van der Waals surface area contributed by atoms with Gasteiger partial charge in [0, 0.05) is 48.7 Å². The number of hydrogen-bond donors (Lipinski definition) is 0. The minimum atomic E-state index is 0.240. The zero-order chi connectivity index (χ0) is 26.0. The molecule has 3 aromatic rings. The monoisotopic (exact) mass is 516 g/mol. The van der Waals surface area contributed by atoms with Crippen LogP contribution in [0.15, 0.2) is 90.6 Å². The first kappa shape index (κ1) is 26.8. The fraction of sp³-hybridized carbons (Fsp3) is 0.312. The van der Waals surface area contributed by atoms with Gasteiger partial charge in [0.25, 0.3) is 0 Å². The molecule has 37 heavy (non-hydrogen) atoms. The van der Waals surface area contributed by atoms with E-state index in [1.165, 1.54) is 22.5 Å². The van der Waals surface area contributed by atoms with Crippen molar-refractivity contribution < 1.29 is 9.47 Å². The quantitative estimate of drug-likeness (QED) is 0.242. The van der Waals surface area contributed by atoms with E-state index >= 15 is 0 Å². The molecule has 1 aliphatic rings. The van der Waals surface area contributed by atoms with Gasteiger partial charge in [0.2, 0.25) is 6.79 Å². The second-order valence-electron chi connectivity index (χ2n) is 9.25. The molecular weight excluding hydrogens is 480 g/mol. The minimum Gasteiger partial charge on any atom is -0.454 e. The molecule has 0 fully saturated rings. The van der Waals surface area contributed by atoms with Gasteiger partial charge < -0.3 is 14.4 Å². The number of halogens is 1. The molecule has 1 aliphatic heterocycles. The Hall–Kier alpha value is -3.21. The Balaban J connectivity index is 1.64. The summed E-state index contributed by atoms with van der Waals surface area (Å²) in [6.07, 6.45) is 6.74. The lowest BCUT2D eigenvalue weighted by Crippen LogP contribution is -2.33. The molecule has 5 heteroatoms. The van der Waals surface area contributed by atoms with Crippen molar-refractivity contribution in [1.29, 1.82) is 0 Å². The highest BCUT2D eigenvalue weighted by molar-refractivity contribution is 6.31. The predicted octanol–water partition coefficient (Wildman–Crippen LogP) is 8.14. The van der Waals surface area contributed by atoms with Crippen LogP contribution in [0.4, 0.5) is 0 Å². The van der Waals surface area contributed by atoms with Crippen LogP contribution in [-0.4, -0.2) is 29.7 Å². The summed E-state index contributed by atoms with van der Waals surface area (Å²) in [5, 5.41) is 0.700. The number of rotatable bonds is 12. The molecule has 0 N–H and O–H groups in total. The van der Waals surface area contributed by atoms with Gasteiger partial charge in [-0.25, -0.2) is 0 Å². The number of benzene rings is 3. The maximum atomic E-state index is 6.71. The number of nitrogens with zero attached hydrogens (tertiary/aromatic N) is 2. The van der Waals surface area contributed by atoms with Crippen molar-refractivity contribution in [2.24, 2.45) is 0 Å². The first-order valence-electron chi connectivity index (χ1n) is 13.1. The Labute approximate surface area is 226 Å². The van der Waals surface area contributed by atoms with Gasteiger partial charge in [-0.2, -0.15) is 0 Å². The zero-order valence-corrected chi connectivity index (χ0v) is 22.9. The molecule has 3 aromatic carbocycles. The third kappa shape index (κ3) is 6.97. The van der Waals surface area contributed by atoms with Crippen molar-refractivity contribution in [3.8, 4) is 11.5 Å². The first-order valence-corrected chi connectivity index (χ1v) is 13.5. The molecule has 0 bridgehead atoms. The molecule has 4 nitrogen and oxygen atoms in total. The lowest BCUT2D eigenvalue weighted by atomic mass is 10.1. The van der Waals surface area contributed by atoms with Gasteiger partial charge in [-0.05, 0) is 43.0 Å². The molecule has 4 rings (SSSR count). The summed E-state index contributed by atoms with van der Waals surface area (Å²) in [7, 11) is 0. The Morgan fingerprint density at radius 2 is 1.57 bits per heavy atom. The minimum absolute atomic E-state index is 0.240. The van der Waals surface area contributed by atoms with E-state index in [4.69, 9.17) is 21.1 Å². The average molecular weight is 517 g/mol. The molecule has 0 saturated carbocycles. The van der Waals surface area contributed by atoms with Crippen molar-refractivity contribution >= 4 is 17.3 Å². The highest BCUT2D eigenvalue weighted by atomic mass is 35.5. The summed E-state index contributed by atoms with van der Waals surface area (Å²) in [5.41, 5.74) is 6.05. The van der Waals surface area contributed by atoms with Crippen molar-refractivity contribution in [3.05, 3.63) is 112 Å². The standard InChI is InChI=1S/C32H37ClN2O2/c1-4-7-18-35(30(6-3)26-16-12-9-13-17-26)28(5-2)23-34(21-25-14-10-8-11-15-25)22-27-19-31-32(20-29(27)33)37-24-36-31/h5-6,8-17,19-20H,4,7,18,21-24H2,1-3H3/b28-5-,30-6-. The van der Waals surface area contributed by atoms with Gasteiger partial charge in [-0.3, -0.25) is 4.90 Å². The topological polar surface area (TPSA) is 24.9 Å². The molecule has 0 aliphatic carbocycles. The molecule has 194 valence electrons.